The number of nitrogens with zero attached hydrogens (tertiary/aromatic N) is 1. The van der Waals surface area contributed by atoms with Crippen LogP contribution in [-0.2, 0) is 14.8 Å². The lowest BCUT2D eigenvalue weighted by Crippen LogP contribution is -2.33. The highest BCUT2D eigenvalue weighted by Crippen LogP contribution is 2.10. The van der Waals surface area contributed by atoms with Gasteiger partial charge in [0.15, 0.2) is 0 Å². The Morgan fingerprint density at radius 3 is 2.27 bits per heavy atom. The summed E-state index contributed by atoms with van der Waals surface area (Å²) >= 11 is 0. The zero-order valence-electron chi connectivity index (χ0n) is 14.1. The lowest BCUT2D eigenvalue weighted by Gasteiger charge is -2.14. The second kappa shape index (κ2) is 8.41. The first-order valence-corrected chi connectivity index (χ1v) is 9.17. The van der Waals surface area contributed by atoms with Crippen molar-refractivity contribution >= 4 is 33.6 Å². The van der Waals surface area contributed by atoms with Crippen LogP contribution in [0.15, 0.2) is 60.0 Å². The summed E-state index contributed by atoms with van der Waals surface area (Å²) in [7, 11) is -2.41. The molecule has 0 saturated heterocycles. The molecule has 3 N–H and O–H groups in total. The van der Waals surface area contributed by atoms with Gasteiger partial charge in [-0.05, 0) is 35.9 Å². The van der Waals surface area contributed by atoms with Crippen LogP contribution < -0.4 is 11.1 Å². The molecule has 8 heteroatoms. The van der Waals surface area contributed by atoms with E-state index in [0.29, 0.717) is 11.3 Å². The summed E-state index contributed by atoms with van der Waals surface area (Å²) in [5.74, 6) is -1.07. The number of carbonyl (C=O) groups excluding carboxylic acids is 2. The maximum Gasteiger partial charge on any atom is 0.248 e. The topological polar surface area (TPSA) is 110 Å². The second-order valence-corrected chi connectivity index (χ2v) is 7.43. The van der Waals surface area contributed by atoms with E-state index in [2.05, 4.69) is 5.32 Å². The minimum absolute atomic E-state index is 0.314. The third-order valence-corrected chi connectivity index (χ3v) is 4.96. The van der Waals surface area contributed by atoms with Gasteiger partial charge in [0.2, 0.25) is 21.8 Å². The Morgan fingerprint density at radius 2 is 1.69 bits per heavy atom. The Labute approximate surface area is 152 Å². The molecule has 0 heterocycles. The van der Waals surface area contributed by atoms with Crippen LogP contribution in [0.4, 0.5) is 5.69 Å². The molecule has 0 saturated carbocycles. The molecule has 136 valence electrons. The molecule has 0 atom stereocenters. The van der Waals surface area contributed by atoms with Crippen molar-refractivity contribution in [2.45, 2.75) is 0 Å². The summed E-state index contributed by atoms with van der Waals surface area (Å²) in [6.45, 7) is -0.348. The summed E-state index contributed by atoms with van der Waals surface area (Å²) < 4.78 is 25.4. The van der Waals surface area contributed by atoms with Crippen molar-refractivity contribution in [1.82, 2.24) is 4.31 Å². The fraction of sp³-hybridized carbons (Fsp3) is 0.111. The Hall–Kier alpha value is -2.97. The summed E-state index contributed by atoms with van der Waals surface area (Å²) in [4.78, 5) is 23.0. The van der Waals surface area contributed by atoms with E-state index < -0.39 is 21.8 Å². The molecular weight excluding hydrogens is 354 g/mol. The van der Waals surface area contributed by atoms with E-state index in [0.717, 1.165) is 15.3 Å². The van der Waals surface area contributed by atoms with E-state index in [1.165, 1.54) is 37.4 Å². The number of likely N-dealkylation sites (N-methyl/N-ethyl adjacent to an activating group) is 1. The molecule has 0 aliphatic rings. The third-order valence-electron chi connectivity index (χ3n) is 3.49. The minimum Gasteiger partial charge on any atom is -0.366 e. The molecule has 2 rings (SSSR count). The Bertz CT molecular complexity index is 907. The van der Waals surface area contributed by atoms with Gasteiger partial charge in [-0.3, -0.25) is 9.59 Å². The first kappa shape index (κ1) is 19.4. The van der Waals surface area contributed by atoms with Crippen molar-refractivity contribution < 1.29 is 18.0 Å². The molecule has 0 aliphatic carbocycles. The molecule has 0 aliphatic heterocycles. The van der Waals surface area contributed by atoms with Crippen molar-refractivity contribution in [2.75, 3.05) is 18.9 Å². The molecule has 0 aromatic heterocycles. The fourth-order valence-corrected chi connectivity index (χ4v) is 2.88. The first-order valence-electron chi connectivity index (χ1n) is 7.67. The van der Waals surface area contributed by atoms with Gasteiger partial charge in [0.25, 0.3) is 0 Å². The number of nitrogens with two attached hydrogens (primary N) is 1. The third kappa shape index (κ3) is 5.54. The van der Waals surface area contributed by atoms with Crippen molar-refractivity contribution in [3.63, 3.8) is 0 Å². The zero-order valence-corrected chi connectivity index (χ0v) is 14.9. The van der Waals surface area contributed by atoms with Crippen LogP contribution in [0, 0.1) is 0 Å². The van der Waals surface area contributed by atoms with Crippen LogP contribution in [-0.4, -0.2) is 38.1 Å². The van der Waals surface area contributed by atoms with E-state index in [1.807, 2.05) is 6.07 Å². The Kier molecular flexibility index (Phi) is 6.26. The quantitative estimate of drug-likeness (QED) is 0.769. The molecule has 0 unspecified atom stereocenters. The van der Waals surface area contributed by atoms with Crippen LogP contribution >= 0.6 is 0 Å². The molecule has 0 radical (unpaired) electrons. The minimum atomic E-state index is -3.73. The maximum absolute atomic E-state index is 12.2. The number of sulfonamides is 1. The molecule has 26 heavy (non-hydrogen) atoms. The SMILES string of the molecule is CN(CC(=O)Nc1ccc(C(N)=O)cc1)S(=O)(=O)C=Cc1ccccc1. The van der Waals surface area contributed by atoms with E-state index in [-0.39, 0.29) is 6.54 Å². The Morgan fingerprint density at radius 1 is 1.08 bits per heavy atom. The average Bonchev–Trinajstić information content (AvgIpc) is 2.61. The molecule has 7 nitrogen and oxygen atoms in total. The summed E-state index contributed by atoms with van der Waals surface area (Å²) in [5, 5.41) is 3.62. The number of rotatable bonds is 7. The second-order valence-electron chi connectivity index (χ2n) is 5.50. The molecule has 2 amide bonds. The van der Waals surface area contributed by atoms with Crippen molar-refractivity contribution in [1.29, 1.82) is 0 Å². The van der Waals surface area contributed by atoms with Gasteiger partial charge in [-0.2, -0.15) is 4.31 Å². The zero-order chi connectivity index (χ0) is 19.2. The molecule has 0 spiro atoms. The van der Waals surface area contributed by atoms with Gasteiger partial charge in [0, 0.05) is 23.7 Å². The fourth-order valence-electron chi connectivity index (χ4n) is 2.04. The lowest BCUT2D eigenvalue weighted by molar-refractivity contribution is -0.116. The molecular formula is C18H19N3O4S. The standard InChI is InChI=1S/C18H19N3O4S/c1-21(26(24,25)12-11-14-5-3-2-4-6-14)13-17(22)20-16-9-7-15(8-10-16)18(19)23/h2-12H,13H2,1H3,(H2,19,23)(H,20,22). The van der Waals surface area contributed by atoms with E-state index >= 15 is 0 Å². The average molecular weight is 373 g/mol. The van der Waals surface area contributed by atoms with Crippen molar-refractivity contribution in [2.24, 2.45) is 5.73 Å². The van der Waals surface area contributed by atoms with Gasteiger partial charge in [0.1, 0.15) is 0 Å². The van der Waals surface area contributed by atoms with Gasteiger partial charge in [-0.25, -0.2) is 8.42 Å². The van der Waals surface area contributed by atoms with Gasteiger partial charge >= 0.3 is 0 Å². The maximum atomic E-state index is 12.2. The van der Waals surface area contributed by atoms with Crippen LogP contribution in [0.25, 0.3) is 6.08 Å². The smallest absolute Gasteiger partial charge is 0.248 e. The van der Waals surface area contributed by atoms with E-state index in [9.17, 15) is 18.0 Å². The predicted molar refractivity (Wildman–Crippen MR) is 101 cm³/mol. The number of amides is 2. The number of benzene rings is 2. The number of carbonyl (C=O) groups is 2. The Balaban J connectivity index is 1.97. The van der Waals surface area contributed by atoms with Gasteiger partial charge in [0.05, 0.1) is 6.54 Å². The summed E-state index contributed by atoms with van der Waals surface area (Å²) in [5.41, 5.74) is 6.63. The molecule has 2 aromatic carbocycles. The van der Waals surface area contributed by atoms with Crippen LogP contribution in [0.3, 0.4) is 0 Å². The monoisotopic (exact) mass is 373 g/mol. The van der Waals surface area contributed by atoms with Crippen molar-refractivity contribution in [3.8, 4) is 0 Å². The largest absolute Gasteiger partial charge is 0.366 e. The van der Waals surface area contributed by atoms with Crippen LogP contribution in [0.1, 0.15) is 15.9 Å². The highest BCUT2D eigenvalue weighted by molar-refractivity contribution is 7.92. The molecule has 2 aromatic rings. The number of hydrogen-bond donors (Lipinski definition) is 2. The van der Waals surface area contributed by atoms with Gasteiger partial charge < -0.3 is 11.1 Å². The highest BCUT2D eigenvalue weighted by Gasteiger charge is 2.17. The van der Waals surface area contributed by atoms with E-state index in [4.69, 9.17) is 5.73 Å². The van der Waals surface area contributed by atoms with E-state index in [1.54, 1.807) is 24.3 Å². The normalized spacial score (nSPS) is 11.6. The molecule has 0 fully saturated rings. The number of primary amides is 1. The number of hydrogen-bond acceptors (Lipinski definition) is 4. The van der Waals surface area contributed by atoms with Crippen LogP contribution in [0.5, 0.6) is 0 Å². The van der Waals surface area contributed by atoms with Gasteiger partial charge in [-0.1, -0.05) is 30.3 Å². The summed E-state index contributed by atoms with van der Waals surface area (Å²) in [6, 6.07) is 15.0. The lowest BCUT2D eigenvalue weighted by atomic mass is 10.2. The predicted octanol–water partition coefficient (Wildman–Crippen LogP) is 1.66. The molecule has 0 bridgehead atoms. The summed E-state index contributed by atoms with van der Waals surface area (Å²) in [6.07, 6.45) is 1.46. The van der Waals surface area contributed by atoms with Crippen LogP contribution in [0.2, 0.25) is 0 Å². The first-order chi connectivity index (χ1) is 12.3. The van der Waals surface area contributed by atoms with Crippen molar-refractivity contribution in [3.05, 3.63) is 71.1 Å². The number of nitrogens with one attached hydrogen (secondary N) is 1. The number of anilines is 1. The highest BCUT2D eigenvalue weighted by atomic mass is 32.2. The van der Waals surface area contributed by atoms with Gasteiger partial charge in [-0.15, -0.1) is 0 Å².